The summed E-state index contributed by atoms with van der Waals surface area (Å²) in [5.41, 5.74) is 4.21. The molecule has 1 heterocycles. The molecule has 2 aromatic rings. The highest BCUT2D eigenvalue weighted by Crippen LogP contribution is 2.44. The van der Waals surface area contributed by atoms with E-state index in [1.165, 1.54) is 11.1 Å². The van der Waals surface area contributed by atoms with E-state index >= 15 is 0 Å². The molecule has 0 aromatic heterocycles. The van der Waals surface area contributed by atoms with Crippen LogP contribution in [0.2, 0.25) is 0 Å². The number of carboxylic acids is 1. The summed E-state index contributed by atoms with van der Waals surface area (Å²) in [5, 5.41) is 12.1. The van der Waals surface area contributed by atoms with Crippen LogP contribution in [0.15, 0.2) is 48.5 Å². The monoisotopic (exact) mass is 478 g/mol. The third kappa shape index (κ3) is 5.50. The van der Waals surface area contributed by atoms with Crippen molar-refractivity contribution in [2.24, 2.45) is 11.3 Å². The molecular weight excluding hydrogens is 444 g/mol. The van der Waals surface area contributed by atoms with Crippen LogP contribution in [0.3, 0.4) is 0 Å². The molecule has 2 amide bonds. The van der Waals surface area contributed by atoms with Crippen LogP contribution in [0.1, 0.15) is 57.1 Å². The van der Waals surface area contributed by atoms with Gasteiger partial charge in [0.15, 0.2) is 0 Å². The number of carbonyl (C=O) groups excluding carboxylic acids is 2. The summed E-state index contributed by atoms with van der Waals surface area (Å²) < 4.78 is 5.61. The second-order valence-corrected chi connectivity index (χ2v) is 10.5. The number of benzene rings is 2. The molecule has 0 bridgehead atoms. The lowest BCUT2D eigenvalue weighted by Crippen LogP contribution is -2.48. The molecule has 7 heteroatoms. The maximum Gasteiger partial charge on any atom is 0.407 e. The van der Waals surface area contributed by atoms with Crippen molar-refractivity contribution in [1.82, 2.24) is 10.2 Å². The van der Waals surface area contributed by atoms with Crippen molar-refractivity contribution in [3.05, 3.63) is 59.7 Å². The largest absolute Gasteiger partial charge is 0.481 e. The summed E-state index contributed by atoms with van der Waals surface area (Å²) in [6.07, 6.45) is 0.713. The van der Waals surface area contributed by atoms with Gasteiger partial charge in [0.25, 0.3) is 0 Å². The molecule has 2 N–H and O–H groups in total. The van der Waals surface area contributed by atoms with E-state index in [2.05, 4.69) is 29.6 Å². The van der Waals surface area contributed by atoms with Gasteiger partial charge < -0.3 is 20.1 Å². The number of likely N-dealkylation sites (tertiary alicyclic amines) is 1. The zero-order valence-electron chi connectivity index (χ0n) is 20.6. The minimum absolute atomic E-state index is 0.00189. The predicted molar refractivity (Wildman–Crippen MR) is 133 cm³/mol. The topological polar surface area (TPSA) is 95.9 Å². The summed E-state index contributed by atoms with van der Waals surface area (Å²) in [7, 11) is 0. The molecular formula is C28H34N2O5. The number of carboxylic acid groups (broad SMARTS) is 1. The summed E-state index contributed by atoms with van der Waals surface area (Å²) in [5.74, 6) is -1.20. The standard InChI is InChI=1S/C28H34N2O5/c1-18-14-19(26(32)33)12-13-30(18)25(31)15-28(2,3)17-29-27(34)35-16-24-22-10-6-4-8-20(22)21-9-5-7-11-23(21)24/h4-11,18-19,24H,12-17H2,1-3H3,(H,29,34)(H,32,33)/t18-,19-/m1/s1. The summed E-state index contributed by atoms with van der Waals surface area (Å²) >= 11 is 0. The first-order valence-electron chi connectivity index (χ1n) is 12.3. The normalized spacial score (nSPS) is 19.6. The molecule has 1 aliphatic heterocycles. The second kappa shape index (κ2) is 10.1. The van der Waals surface area contributed by atoms with E-state index < -0.39 is 23.4 Å². The van der Waals surface area contributed by atoms with Crippen molar-refractivity contribution in [3.63, 3.8) is 0 Å². The number of hydrogen-bond donors (Lipinski definition) is 2. The molecule has 1 saturated heterocycles. The number of carbonyl (C=O) groups is 3. The third-order valence-electron chi connectivity index (χ3n) is 7.23. The van der Waals surface area contributed by atoms with E-state index in [1.54, 1.807) is 4.90 Å². The smallest absolute Gasteiger partial charge is 0.407 e. The van der Waals surface area contributed by atoms with Gasteiger partial charge in [-0.3, -0.25) is 9.59 Å². The summed E-state index contributed by atoms with van der Waals surface area (Å²) in [6, 6.07) is 16.3. The van der Waals surface area contributed by atoms with E-state index in [0.717, 1.165) is 11.1 Å². The van der Waals surface area contributed by atoms with Gasteiger partial charge in [-0.05, 0) is 47.4 Å². The van der Waals surface area contributed by atoms with Crippen molar-refractivity contribution >= 4 is 18.0 Å². The van der Waals surface area contributed by atoms with Gasteiger partial charge in [0.05, 0.1) is 5.92 Å². The lowest BCUT2D eigenvalue weighted by Gasteiger charge is -2.38. The fraction of sp³-hybridized carbons (Fsp3) is 0.464. The Kier molecular flexibility index (Phi) is 7.15. The fourth-order valence-corrected chi connectivity index (χ4v) is 5.30. The Balaban J connectivity index is 1.28. The Morgan fingerprint density at radius 2 is 1.66 bits per heavy atom. The lowest BCUT2D eigenvalue weighted by molar-refractivity contribution is -0.148. The van der Waals surface area contributed by atoms with E-state index in [1.807, 2.05) is 45.0 Å². The van der Waals surface area contributed by atoms with Crippen LogP contribution in [0.25, 0.3) is 11.1 Å². The number of ether oxygens (including phenoxy) is 1. The van der Waals surface area contributed by atoms with Crippen LogP contribution in [-0.2, 0) is 14.3 Å². The zero-order valence-corrected chi connectivity index (χ0v) is 20.6. The van der Waals surface area contributed by atoms with Crippen molar-refractivity contribution < 1.29 is 24.2 Å². The quantitative estimate of drug-likeness (QED) is 0.604. The third-order valence-corrected chi connectivity index (χ3v) is 7.23. The zero-order chi connectivity index (χ0) is 25.2. The summed E-state index contributed by atoms with van der Waals surface area (Å²) in [6.45, 7) is 6.76. The van der Waals surface area contributed by atoms with Crippen LogP contribution >= 0.6 is 0 Å². The number of nitrogens with zero attached hydrogens (tertiary/aromatic N) is 1. The molecule has 4 rings (SSSR count). The fourth-order valence-electron chi connectivity index (χ4n) is 5.30. The van der Waals surface area contributed by atoms with Gasteiger partial charge in [0, 0.05) is 31.5 Å². The Morgan fingerprint density at radius 1 is 1.06 bits per heavy atom. The average Bonchev–Trinajstić information content (AvgIpc) is 3.14. The first-order valence-corrected chi connectivity index (χ1v) is 12.3. The Bertz CT molecular complexity index is 1070. The number of amides is 2. The molecule has 1 aliphatic carbocycles. The second-order valence-electron chi connectivity index (χ2n) is 10.5. The first kappa shape index (κ1) is 24.8. The highest BCUT2D eigenvalue weighted by atomic mass is 16.5. The van der Waals surface area contributed by atoms with Gasteiger partial charge in [-0.1, -0.05) is 62.4 Å². The van der Waals surface area contributed by atoms with Crippen molar-refractivity contribution in [2.45, 2.75) is 52.0 Å². The number of piperidine rings is 1. The number of alkyl carbamates (subject to hydrolysis) is 1. The number of aliphatic carboxylic acids is 1. The maximum absolute atomic E-state index is 12.9. The summed E-state index contributed by atoms with van der Waals surface area (Å²) in [4.78, 5) is 38.5. The van der Waals surface area contributed by atoms with Gasteiger partial charge in [0.1, 0.15) is 6.61 Å². The van der Waals surface area contributed by atoms with Crippen LogP contribution in [0.5, 0.6) is 0 Å². The molecule has 186 valence electrons. The molecule has 2 aliphatic rings. The van der Waals surface area contributed by atoms with Crippen LogP contribution in [0, 0.1) is 11.3 Å². The number of hydrogen-bond acceptors (Lipinski definition) is 4. The van der Waals surface area contributed by atoms with E-state index in [0.29, 0.717) is 25.9 Å². The Hall–Kier alpha value is -3.35. The molecule has 0 unspecified atom stereocenters. The molecule has 35 heavy (non-hydrogen) atoms. The lowest BCUT2D eigenvalue weighted by atomic mass is 9.86. The van der Waals surface area contributed by atoms with Gasteiger partial charge in [0.2, 0.25) is 5.91 Å². The predicted octanol–water partition coefficient (Wildman–Crippen LogP) is 4.65. The average molecular weight is 479 g/mol. The minimum Gasteiger partial charge on any atom is -0.481 e. The molecule has 1 fully saturated rings. The van der Waals surface area contributed by atoms with Gasteiger partial charge in [-0.2, -0.15) is 0 Å². The number of nitrogens with one attached hydrogen (secondary N) is 1. The SMILES string of the molecule is C[C@@H]1C[C@H](C(=O)O)CCN1C(=O)CC(C)(C)CNC(=O)OCC1c2ccccc2-c2ccccc21. The van der Waals surface area contributed by atoms with Crippen molar-refractivity contribution in [1.29, 1.82) is 0 Å². The molecule has 0 radical (unpaired) electrons. The molecule has 2 aromatic carbocycles. The Morgan fingerprint density at radius 3 is 2.23 bits per heavy atom. The number of fused-ring (bicyclic) bond motifs is 3. The Labute approximate surface area is 206 Å². The molecule has 0 saturated carbocycles. The van der Waals surface area contributed by atoms with Crippen molar-refractivity contribution in [3.8, 4) is 11.1 Å². The van der Waals surface area contributed by atoms with E-state index in [9.17, 15) is 19.5 Å². The highest BCUT2D eigenvalue weighted by Gasteiger charge is 2.35. The highest BCUT2D eigenvalue weighted by molar-refractivity contribution is 5.79. The molecule has 7 nitrogen and oxygen atoms in total. The van der Waals surface area contributed by atoms with E-state index in [-0.39, 0.29) is 30.9 Å². The van der Waals surface area contributed by atoms with Crippen LogP contribution in [0.4, 0.5) is 4.79 Å². The van der Waals surface area contributed by atoms with Crippen LogP contribution < -0.4 is 5.32 Å². The van der Waals surface area contributed by atoms with Gasteiger partial charge >= 0.3 is 12.1 Å². The van der Waals surface area contributed by atoms with Crippen molar-refractivity contribution in [2.75, 3.05) is 19.7 Å². The maximum atomic E-state index is 12.9. The van der Waals surface area contributed by atoms with Gasteiger partial charge in [-0.25, -0.2) is 4.79 Å². The van der Waals surface area contributed by atoms with E-state index in [4.69, 9.17) is 4.74 Å². The molecule has 0 spiro atoms. The number of rotatable bonds is 7. The van der Waals surface area contributed by atoms with Crippen LogP contribution in [-0.4, -0.2) is 53.7 Å². The molecule has 2 atom stereocenters. The van der Waals surface area contributed by atoms with Gasteiger partial charge in [-0.15, -0.1) is 0 Å². The first-order chi connectivity index (χ1) is 16.7. The minimum atomic E-state index is -0.795.